The highest BCUT2D eigenvalue weighted by atomic mass is 32.1. The average molecular weight is 360 g/mol. The summed E-state index contributed by atoms with van der Waals surface area (Å²) in [7, 11) is 2.14. The lowest BCUT2D eigenvalue weighted by Crippen LogP contribution is -2.31. The van der Waals surface area contributed by atoms with E-state index in [1.54, 1.807) is 0 Å². The third kappa shape index (κ3) is 3.42. The van der Waals surface area contributed by atoms with Crippen LogP contribution in [0.15, 0.2) is 17.8 Å². The van der Waals surface area contributed by atoms with Gasteiger partial charge in [-0.3, -0.25) is 9.20 Å². The van der Waals surface area contributed by atoms with Crippen LogP contribution in [0.25, 0.3) is 16.5 Å². The number of piperidine rings is 1. The van der Waals surface area contributed by atoms with Crippen molar-refractivity contribution in [3.63, 3.8) is 0 Å². The second-order valence-electron chi connectivity index (χ2n) is 6.57. The zero-order valence-electron chi connectivity index (χ0n) is 14.0. The van der Waals surface area contributed by atoms with Gasteiger partial charge in [-0.05, 0) is 38.9 Å². The standard InChI is InChI=1S/C16H20N6O2S/c1-20-4-2-11(3-5-20)8-13-18-15(22(19-13)10-14(23)24)12-9-21-6-7-25-16(21)17-12/h6-7,9,11H,2-5,8,10H2,1H3,(H,23,24). The summed E-state index contributed by atoms with van der Waals surface area (Å²) in [4.78, 5) is 23.5. The van der Waals surface area contributed by atoms with E-state index in [0.29, 0.717) is 23.3 Å². The molecule has 0 bridgehead atoms. The second kappa shape index (κ2) is 6.57. The number of carboxylic acid groups (broad SMARTS) is 1. The number of likely N-dealkylation sites (tertiary alicyclic amines) is 1. The van der Waals surface area contributed by atoms with Crippen LogP contribution in [0.4, 0.5) is 0 Å². The van der Waals surface area contributed by atoms with Crippen LogP contribution in [0, 0.1) is 5.92 Å². The van der Waals surface area contributed by atoms with Gasteiger partial charge >= 0.3 is 5.97 Å². The predicted octanol–water partition coefficient (Wildman–Crippen LogP) is 1.62. The Morgan fingerprint density at radius 2 is 2.16 bits per heavy atom. The fourth-order valence-corrected chi connectivity index (χ4v) is 3.96. The van der Waals surface area contributed by atoms with E-state index >= 15 is 0 Å². The van der Waals surface area contributed by atoms with Gasteiger partial charge in [-0.25, -0.2) is 14.6 Å². The summed E-state index contributed by atoms with van der Waals surface area (Å²) < 4.78 is 3.37. The minimum absolute atomic E-state index is 0.207. The fraction of sp³-hybridized carbons (Fsp3) is 0.500. The first kappa shape index (κ1) is 16.2. The van der Waals surface area contributed by atoms with Crippen molar-refractivity contribution in [2.45, 2.75) is 25.8 Å². The van der Waals surface area contributed by atoms with Gasteiger partial charge in [-0.2, -0.15) is 5.10 Å². The van der Waals surface area contributed by atoms with Gasteiger partial charge in [0.25, 0.3) is 0 Å². The smallest absolute Gasteiger partial charge is 0.325 e. The van der Waals surface area contributed by atoms with Gasteiger partial charge in [0, 0.05) is 24.2 Å². The number of carbonyl (C=O) groups is 1. The lowest BCUT2D eigenvalue weighted by Gasteiger charge is -2.28. The first-order valence-corrected chi connectivity index (χ1v) is 9.23. The van der Waals surface area contributed by atoms with Gasteiger partial charge in [0.15, 0.2) is 16.6 Å². The molecule has 3 aromatic rings. The highest BCUT2D eigenvalue weighted by molar-refractivity contribution is 7.15. The topological polar surface area (TPSA) is 88.6 Å². The van der Waals surface area contributed by atoms with E-state index in [9.17, 15) is 9.90 Å². The molecule has 25 heavy (non-hydrogen) atoms. The number of aromatic nitrogens is 5. The van der Waals surface area contributed by atoms with Crippen molar-refractivity contribution in [2.24, 2.45) is 5.92 Å². The van der Waals surface area contributed by atoms with E-state index < -0.39 is 5.97 Å². The van der Waals surface area contributed by atoms with Gasteiger partial charge in [0.05, 0.1) is 0 Å². The van der Waals surface area contributed by atoms with Crippen molar-refractivity contribution in [1.29, 1.82) is 0 Å². The van der Waals surface area contributed by atoms with Crippen LogP contribution >= 0.6 is 11.3 Å². The molecule has 132 valence electrons. The number of thiazole rings is 1. The summed E-state index contributed by atoms with van der Waals surface area (Å²) in [5, 5.41) is 15.6. The molecule has 0 spiro atoms. The van der Waals surface area contributed by atoms with Crippen LogP contribution in [-0.4, -0.2) is 60.3 Å². The van der Waals surface area contributed by atoms with Gasteiger partial charge in [-0.15, -0.1) is 11.3 Å². The Balaban J connectivity index is 1.61. The molecule has 1 aliphatic heterocycles. The summed E-state index contributed by atoms with van der Waals surface area (Å²) in [6.07, 6.45) is 6.83. The van der Waals surface area contributed by atoms with E-state index in [4.69, 9.17) is 0 Å². The minimum Gasteiger partial charge on any atom is -0.480 e. The van der Waals surface area contributed by atoms with E-state index in [2.05, 4.69) is 27.0 Å². The van der Waals surface area contributed by atoms with Crippen LogP contribution < -0.4 is 0 Å². The van der Waals surface area contributed by atoms with E-state index in [1.165, 1.54) is 16.0 Å². The number of nitrogens with zero attached hydrogens (tertiary/aromatic N) is 6. The summed E-state index contributed by atoms with van der Waals surface area (Å²) in [5.41, 5.74) is 0.662. The lowest BCUT2D eigenvalue weighted by molar-refractivity contribution is -0.137. The van der Waals surface area contributed by atoms with Crippen molar-refractivity contribution < 1.29 is 9.90 Å². The molecular weight excluding hydrogens is 340 g/mol. The number of fused-ring (bicyclic) bond motifs is 1. The molecule has 1 N–H and O–H groups in total. The zero-order chi connectivity index (χ0) is 17.4. The van der Waals surface area contributed by atoms with Crippen molar-refractivity contribution in [2.75, 3.05) is 20.1 Å². The largest absolute Gasteiger partial charge is 0.480 e. The molecule has 4 rings (SSSR count). The number of hydrogen-bond donors (Lipinski definition) is 1. The maximum Gasteiger partial charge on any atom is 0.325 e. The summed E-state index contributed by atoms with van der Waals surface area (Å²) in [6, 6.07) is 0. The third-order valence-electron chi connectivity index (χ3n) is 4.63. The van der Waals surface area contributed by atoms with Gasteiger partial charge in [0.1, 0.15) is 12.2 Å². The molecule has 4 heterocycles. The van der Waals surface area contributed by atoms with Crippen LogP contribution in [-0.2, 0) is 17.8 Å². The highest BCUT2D eigenvalue weighted by Crippen LogP contribution is 2.23. The molecule has 9 heteroatoms. The molecule has 1 saturated heterocycles. The molecule has 0 aromatic carbocycles. The Kier molecular flexibility index (Phi) is 4.26. The summed E-state index contributed by atoms with van der Waals surface area (Å²) >= 11 is 1.53. The number of imidazole rings is 1. The monoisotopic (exact) mass is 360 g/mol. The van der Waals surface area contributed by atoms with Crippen LogP contribution in [0.5, 0.6) is 0 Å². The Morgan fingerprint density at radius 1 is 1.36 bits per heavy atom. The molecule has 8 nitrogen and oxygen atoms in total. The van der Waals surface area contributed by atoms with E-state index in [0.717, 1.165) is 37.3 Å². The van der Waals surface area contributed by atoms with Crippen LogP contribution in [0.3, 0.4) is 0 Å². The molecule has 1 aliphatic rings. The van der Waals surface area contributed by atoms with Crippen LogP contribution in [0.2, 0.25) is 0 Å². The normalized spacial score (nSPS) is 16.7. The SMILES string of the molecule is CN1CCC(Cc2nc(-c3cn4ccsc4n3)n(CC(=O)O)n2)CC1. The maximum atomic E-state index is 11.2. The quantitative estimate of drug-likeness (QED) is 0.744. The van der Waals surface area contributed by atoms with Crippen LogP contribution in [0.1, 0.15) is 18.7 Å². The predicted molar refractivity (Wildman–Crippen MR) is 93.6 cm³/mol. The Hall–Kier alpha value is -2.26. The Morgan fingerprint density at radius 3 is 2.88 bits per heavy atom. The summed E-state index contributed by atoms with van der Waals surface area (Å²) in [5.74, 6) is 0.858. The highest BCUT2D eigenvalue weighted by Gasteiger charge is 2.22. The van der Waals surface area contributed by atoms with Crippen molar-refractivity contribution in [3.8, 4) is 11.5 Å². The molecule has 1 fully saturated rings. The van der Waals surface area contributed by atoms with Crippen molar-refractivity contribution in [3.05, 3.63) is 23.6 Å². The first-order chi connectivity index (χ1) is 12.1. The fourth-order valence-electron chi connectivity index (χ4n) is 3.26. The molecule has 0 radical (unpaired) electrons. The number of hydrogen-bond acceptors (Lipinski definition) is 6. The van der Waals surface area contributed by atoms with E-state index in [-0.39, 0.29) is 6.54 Å². The first-order valence-electron chi connectivity index (χ1n) is 8.35. The maximum absolute atomic E-state index is 11.2. The minimum atomic E-state index is -0.932. The molecule has 0 atom stereocenters. The average Bonchev–Trinajstić information content (AvgIpc) is 3.23. The van der Waals surface area contributed by atoms with Gasteiger partial charge in [-0.1, -0.05) is 0 Å². The lowest BCUT2D eigenvalue weighted by atomic mass is 9.94. The molecule has 0 aliphatic carbocycles. The number of rotatable bonds is 5. The Labute approximate surface area is 148 Å². The molecule has 0 amide bonds. The summed E-state index contributed by atoms with van der Waals surface area (Å²) in [6.45, 7) is 1.97. The number of carboxylic acids is 1. The van der Waals surface area contributed by atoms with Gasteiger partial charge < -0.3 is 10.0 Å². The molecule has 0 saturated carbocycles. The molecule has 3 aromatic heterocycles. The van der Waals surface area contributed by atoms with E-state index in [1.807, 2.05) is 22.2 Å². The second-order valence-corrected chi connectivity index (χ2v) is 7.45. The van der Waals surface area contributed by atoms with Crippen molar-refractivity contribution in [1.82, 2.24) is 29.0 Å². The molecule has 0 unspecified atom stereocenters. The molecular formula is C16H20N6O2S. The van der Waals surface area contributed by atoms with Crippen molar-refractivity contribution >= 4 is 22.3 Å². The zero-order valence-corrected chi connectivity index (χ0v) is 14.8. The third-order valence-corrected chi connectivity index (χ3v) is 5.40. The Bertz CT molecular complexity index is 861. The van der Waals surface area contributed by atoms with Gasteiger partial charge in [0.2, 0.25) is 0 Å². The number of aliphatic carboxylic acids is 1.